The first-order valence-electron chi connectivity index (χ1n) is 4.68. The fourth-order valence-corrected chi connectivity index (χ4v) is 1.27. The van der Waals surface area contributed by atoms with Crippen LogP contribution in [0.3, 0.4) is 0 Å². The lowest BCUT2D eigenvalue weighted by atomic mass is 10.2. The van der Waals surface area contributed by atoms with Crippen LogP contribution in [0.15, 0.2) is 0 Å². The zero-order valence-electron chi connectivity index (χ0n) is 8.68. The normalized spacial score (nSPS) is 13.6. The summed E-state index contributed by atoms with van der Waals surface area (Å²) in [6, 6.07) is 0. The highest BCUT2D eigenvalue weighted by molar-refractivity contribution is 5.69. The first-order valence-corrected chi connectivity index (χ1v) is 4.68. The van der Waals surface area contributed by atoms with Crippen LogP contribution in [0.25, 0.3) is 0 Å². The van der Waals surface area contributed by atoms with Gasteiger partial charge < -0.3 is 15.3 Å². The number of hydrogen-bond donors (Lipinski definition) is 3. The quantitative estimate of drug-likeness (QED) is 0.516. The van der Waals surface area contributed by atoms with Gasteiger partial charge in [-0.15, -0.1) is 0 Å². The van der Waals surface area contributed by atoms with Gasteiger partial charge in [0.25, 0.3) is 0 Å². The monoisotopic (exact) mass is 205 g/mol. The summed E-state index contributed by atoms with van der Waals surface area (Å²) in [4.78, 5) is 12.1. The van der Waals surface area contributed by atoms with Crippen molar-refractivity contribution in [1.29, 1.82) is 0 Å². The Bertz CT molecular complexity index is 172. The molecule has 0 amide bonds. The molecule has 14 heavy (non-hydrogen) atoms. The number of aliphatic hydroxyl groups excluding tert-OH is 2. The Hall–Kier alpha value is -0.650. The molecule has 3 N–H and O–H groups in total. The van der Waals surface area contributed by atoms with E-state index >= 15 is 0 Å². The van der Waals surface area contributed by atoms with Gasteiger partial charge in [-0.3, -0.25) is 9.69 Å². The summed E-state index contributed by atoms with van der Waals surface area (Å²) >= 11 is 0. The average Bonchev–Trinajstić information content (AvgIpc) is 2.01. The van der Waals surface area contributed by atoms with Crippen LogP contribution in [0.5, 0.6) is 0 Å². The third-order valence-corrected chi connectivity index (χ3v) is 1.66. The molecular formula is C9H19NO4. The van der Waals surface area contributed by atoms with Crippen LogP contribution in [0.4, 0.5) is 0 Å². The van der Waals surface area contributed by atoms with Crippen molar-refractivity contribution in [3.05, 3.63) is 0 Å². The highest BCUT2D eigenvalue weighted by atomic mass is 16.4. The number of aliphatic carboxylic acids is 1. The number of nitrogens with zero attached hydrogens (tertiary/aromatic N) is 1. The fraction of sp³-hybridized carbons (Fsp3) is 0.889. The molecule has 0 fully saturated rings. The van der Waals surface area contributed by atoms with Crippen LogP contribution < -0.4 is 0 Å². The molecule has 0 aromatic carbocycles. The van der Waals surface area contributed by atoms with Crippen LogP contribution in [0.2, 0.25) is 0 Å². The second kappa shape index (κ2) is 6.75. The van der Waals surface area contributed by atoms with Crippen molar-refractivity contribution < 1.29 is 20.1 Å². The number of carbonyl (C=O) groups is 1. The molecule has 0 bridgehead atoms. The van der Waals surface area contributed by atoms with Crippen LogP contribution >= 0.6 is 0 Å². The van der Waals surface area contributed by atoms with Gasteiger partial charge in [0.15, 0.2) is 0 Å². The van der Waals surface area contributed by atoms with Gasteiger partial charge in [0.05, 0.1) is 19.3 Å². The Morgan fingerprint density at radius 1 is 1.36 bits per heavy atom. The summed E-state index contributed by atoms with van der Waals surface area (Å²) in [5.74, 6) is -0.587. The maximum atomic E-state index is 10.5. The molecule has 0 aromatic heterocycles. The second-order valence-corrected chi connectivity index (χ2v) is 3.82. The van der Waals surface area contributed by atoms with Crippen LogP contribution in [-0.4, -0.2) is 58.5 Å². The van der Waals surface area contributed by atoms with Crippen molar-refractivity contribution in [3.63, 3.8) is 0 Å². The molecule has 1 unspecified atom stereocenters. The third-order valence-electron chi connectivity index (χ3n) is 1.66. The van der Waals surface area contributed by atoms with Crippen LogP contribution in [0, 0.1) is 5.92 Å². The lowest BCUT2D eigenvalue weighted by Gasteiger charge is -2.24. The van der Waals surface area contributed by atoms with E-state index in [2.05, 4.69) is 0 Å². The summed E-state index contributed by atoms with van der Waals surface area (Å²) in [5.41, 5.74) is 0. The first-order chi connectivity index (χ1) is 6.45. The maximum absolute atomic E-state index is 10.5. The molecule has 0 saturated heterocycles. The van der Waals surface area contributed by atoms with Gasteiger partial charge in [0, 0.05) is 13.1 Å². The molecule has 5 nitrogen and oxygen atoms in total. The molecule has 0 radical (unpaired) electrons. The Morgan fingerprint density at radius 2 is 1.93 bits per heavy atom. The first kappa shape index (κ1) is 13.4. The van der Waals surface area contributed by atoms with E-state index in [1.165, 1.54) is 0 Å². The Balaban J connectivity index is 4.03. The van der Waals surface area contributed by atoms with E-state index in [-0.39, 0.29) is 19.7 Å². The van der Waals surface area contributed by atoms with Crippen molar-refractivity contribution >= 4 is 5.97 Å². The Morgan fingerprint density at radius 3 is 2.29 bits per heavy atom. The minimum Gasteiger partial charge on any atom is -0.480 e. The molecule has 0 saturated carbocycles. The van der Waals surface area contributed by atoms with Crippen LogP contribution in [-0.2, 0) is 4.79 Å². The number of aliphatic hydroxyl groups is 2. The molecule has 5 heteroatoms. The van der Waals surface area contributed by atoms with Crippen LogP contribution in [0.1, 0.15) is 13.8 Å². The predicted octanol–water partition coefficient (Wildman–Crippen LogP) is -0.618. The van der Waals surface area contributed by atoms with Crippen molar-refractivity contribution in [3.8, 4) is 0 Å². The Kier molecular flexibility index (Phi) is 6.44. The molecule has 0 heterocycles. The van der Waals surface area contributed by atoms with Gasteiger partial charge in [0.1, 0.15) is 0 Å². The third kappa shape index (κ3) is 6.82. The summed E-state index contributed by atoms with van der Waals surface area (Å²) in [6.45, 7) is 4.30. The van der Waals surface area contributed by atoms with Crippen molar-refractivity contribution in [2.24, 2.45) is 5.92 Å². The number of carboxylic acid groups (broad SMARTS) is 1. The minimum absolute atomic E-state index is 0.102. The molecule has 1 atom stereocenters. The van der Waals surface area contributed by atoms with E-state index in [1.807, 2.05) is 13.8 Å². The maximum Gasteiger partial charge on any atom is 0.317 e. The molecule has 0 aliphatic rings. The number of hydrogen-bond acceptors (Lipinski definition) is 4. The Labute approximate surface area is 84.0 Å². The lowest BCUT2D eigenvalue weighted by molar-refractivity contribution is -0.138. The molecule has 0 rings (SSSR count). The van der Waals surface area contributed by atoms with Gasteiger partial charge >= 0.3 is 5.97 Å². The highest BCUT2D eigenvalue weighted by Crippen LogP contribution is 2.00. The van der Waals surface area contributed by atoms with Gasteiger partial charge in [-0.1, -0.05) is 13.8 Å². The average molecular weight is 205 g/mol. The van der Waals surface area contributed by atoms with Crippen molar-refractivity contribution in [2.75, 3.05) is 26.2 Å². The van der Waals surface area contributed by atoms with Gasteiger partial charge in [-0.2, -0.15) is 0 Å². The smallest absolute Gasteiger partial charge is 0.317 e. The van der Waals surface area contributed by atoms with E-state index in [1.54, 1.807) is 4.90 Å². The second-order valence-electron chi connectivity index (χ2n) is 3.82. The van der Waals surface area contributed by atoms with E-state index in [4.69, 9.17) is 15.3 Å². The van der Waals surface area contributed by atoms with E-state index < -0.39 is 12.1 Å². The lowest BCUT2D eigenvalue weighted by Crippen LogP contribution is -2.39. The molecule has 84 valence electrons. The number of carboxylic acids is 1. The summed E-state index contributed by atoms with van der Waals surface area (Å²) in [5, 5.41) is 26.4. The SMILES string of the molecule is CC(C)CN(CC(=O)O)CC(O)CO. The summed E-state index contributed by atoms with van der Waals surface area (Å²) in [7, 11) is 0. The summed E-state index contributed by atoms with van der Waals surface area (Å²) in [6.07, 6.45) is -0.868. The topological polar surface area (TPSA) is 81.0 Å². The molecule has 0 aromatic rings. The van der Waals surface area contributed by atoms with Gasteiger partial charge in [-0.05, 0) is 5.92 Å². The molecular weight excluding hydrogens is 186 g/mol. The zero-order chi connectivity index (χ0) is 11.1. The zero-order valence-corrected chi connectivity index (χ0v) is 8.68. The van der Waals surface area contributed by atoms with E-state index in [9.17, 15) is 4.79 Å². The van der Waals surface area contributed by atoms with Gasteiger partial charge in [-0.25, -0.2) is 0 Å². The van der Waals surface area contributed by atoms with Crippen molar-refractivity contribution in [2.45, 2.75) is 20.0 Å². The molecule has 0 aliphatic carbocycles. The minimum atomic E-state index is -0.921. The summed E-state index contributed by atoms with van der Waals surface area (Å²) < 4.78 is 0. The molecule has 0 spiro atoms. The fourth-order valence-electron chi connectivity index (χ4n) is 1.27. The standard InChI is InChI=1S/C9H19NO4/c1-7(2)3-10(5-9(13)14)4-8(12)6-11/h7-8,11-12H,3-6H2,1-2H3,(H,13,14). The van der Waals surface area contributed by atoms with E-state index in [0.29, 0.717) is 12.5 Å². The molecule has 0 aliphatic heterocycles. The van der Waals surface area contributed by atoms with Gasteiger partial charge in [0.2, 0.25) is 0 Å². The van der Waals surface area contributed by atoms with Crippen molar-refractivity contribution in [1.82, 2.24) is 4.90 Å². The number of rotatable bonds is 7. The highest BCUT2D eigenvalue weighted by Gasteiger charge is 2.14. The largest absolute Gasteiger partial charge is 0.480 e. The predicted molar refractivity (Wildman–Crippen MR) is 52.0 cm³/mol. The van der Waals surface area contributed by atoms with E-state index in [0.717, 1.165) is 0 Å².